The highest BCUT2D eigenvalue weighted by molar-refractivity contribution is 5.92. The first-order chi connectivity index (χ1) is 14.2. The predicted molar refractivity (Wildman–Crippen MR) is 104 cm³/mol. The number of carbonyl (C=O) groups excluding carboxylic acids is 2. The van der Waals surface area contributed by atoms with Crippen LogP contribution in [0.5, 0.6) is 0 Å². The van der Waals surface area contributed by atoms with Gasteiger partial charge < -0.3 is 19.5 Å². The molecule has 4 heterocycles. The van der Waals surface area contributed by atoms with Crippen molar-refractivity contribution < 1.29 is 14.0 Å². The molecular weight excluding hydrogens is 372 g/mol. The summed E-state index contributed by atoms with van der Waals surface area (Å²) in [5.74, 6) is 0.627. The number of piperazine rings is 1. The Morgan fingerprint density at radius 1 is 1.03 bits per heavy atom. The van der Waals surface area contributed by atoms with Gasteiger partial charge >= 0.3 is 0 Å². The maximum atomic E-state index is 12.3. The van der Waals surface area contributed by atoms with Crippen LogP contribution < -0.4 is 10.2 Å². The number of furan rings is 1. The van der Waals surface area contributed by atoms with Gasteiger partial charge in [-0.25, -0.2) is 9.97 Å². The number of carbonyl (C=O) groups is 2. The second-order valence-corrected chi connectivity index (χ2v) is 6.56. The lowest BCUT2D eigenvalue weighted by molar-refractivity contribution is 0.0714. The van der Waals surface area contributed by atoms with E-state index in [0.29, 0.717) is 44.3 Å². The highest BCUT2D eigenvalue weighted by atomic mass is 16.3. The summed E-state index contributed by atoms with van der Waals surface area (Å²) >= 11 is 0. The van der Waals surface area contributed by atoms with Gasteiger partial charge in [-0.05, 0) is 23.8 Å². The third-order valence-electron chi connectivity index (χ3n) is 4.67. The summed E-state index contributed by atoms with van der Waals surface area (Å²) in [5, 5.41) is 2.80. The zero-order valence-electron chi connectivity index (χ0n) is 15.7. The zero-order valence-corrected chi connectivity index (χ0v) is 15.7. The molecule has 3 aromatic heterocycles. The van der Waals surface area contributed by atoms with Crippen molar-refractivity contribution in [1.29, 1.82) is 0 Å². The molecule has 3 aromatic rings. The predicted octanol–water partition coefficient (Wildman–Crippen LogP) is 1.36. The van der Waals surface area contributed by atoms with Gasteiger partial charge in [0.1, 0.15) is 11.5 Å². The van der Waals surface area contributed by atoms with Crippen molar-refractivity contribution in [3.05, 3.63) is 72.3 Å². The van der Waals surface area contributed by atoms with E-state index in [-0.39, 0.29) is 17.5 Å². The molecule has 0 radical (unpaired) electrons. The van der Waals surface area contributed by atoms with Crippen molar-refractivity contribution in [1.82, 2.24) is 25.2 Å². The Bertz CT molecular complexity index is 952. The van der Waals surface area contributed by atoms with Crippen LogP contribution in [0.4, 0.5) is 5.82 Å². The molecule has 1 aliphatic rings. The molecule has 1 N–H and O–H groups in total. The minimum absolute atomic E-state index is 0.110. The fraction of sp³-hybridized carbons (Fsp3) is 0.250. The Kier molecular flexibility index (Phi) is 5.46. The summed E-state index contributed by atoms with van der Waals surface area (Å²) in [6.07, 6.45) is 7.93. The van der Waals surface area contributed by atoms with E-state index in [9.17, 15) is 9.59 Å². The van der Waals surface area contributed by atoms with Gasteiger partial charge in [0, 0.05) is 45.1 Å². The van der Waals surface area contributed by atoms with Crippen LogP contribution in [-0.2, 0) is 6.54 Å². The molecule has 9 heteroatoms. The van der Waals surface area contributed by atoms with Crippen LogP contribution in [0.25, 0.3) is 0 Å². The van der Waals surface area contributed by atoms with Crippen LogP contribution in [0, 0.1) is 0 Å². The van der Waals surface area contributed by atoms with E-state index in [2.05, 4.69) is 20.3 Å². The lowest BCUT2D eigenvalue weighted by Gasteiger charge is -2.34. The Morgan fingerprint density at radius 3 is 2.55 bits per heavy atom. The molecule has 0 bridgehead atoms. The monoisotopic (exact) mass is 392 g/mol. The highest BCUT2D eigenvalue weighted by Crippen LogP contribution is 2.14. The fourth-order valence-corrected chi connectivity index (χ4v) is 3.07. The summed E-state index contributed by atoms with van der Waals surface area (Å²) in [5.41, 5.74) is 1.16. The maximum absolute atomic E-state index is 12.3. The van der Waals surface area contributed by atoms with E-state index in [1.807, 2.05) is 17.0 Å². The Labute approximate surface area is 167 Å². The summed E-state index contributed by atoms with van der Waals surface area (Å²) in [4.78, 5) is 41.0. The Morgan fingerprint density at radius 2 is 1.90 bits per heavy atom. The average molecular weight is 392 g/mol. The second-order valence-electron chi connectivity index (χ2n) is 6.56. The molecule has 29 heavy (non-hydrogen) atoms. The van der Waals surface area contributed by atoms with E-state index in [1.54, 1.807) is 35.6 Å². The van der Waals surface area contributed by atoms with E-state index in [1.165, 1.54) is 12.5 Å². The normalized spacial score (nSPS) is 13.9. The van der Waals surface area contributed by atoms with E-state index < -0.39 is 0 Å². The molecule has 1 fully saturated rings. The van der Waals surface area contributed by atoms with Crippen molar-refractivity contribution in [3.63, 3.8) is 0 Å². The van der Waals surface area contributed by atoms with Gasteiger partial charge in [0.25, 0.3) is 11.8 Å². The number of hydrogen-bond donors (Lipinski definition) is 1. The molecule has 1 saturated heterocycles. The minimum atomic E-state index is -0.290. The van der Waals surface area contributed by atoms with E-state index in [4.69, 9.17) is 4.42 Å². The van der Waals surface area contributed by atoms with Gasteiger partial charge in [-0.2, -0.15) is 0 Å². The molecule has 0 spiro atoms. The number of nitrogens with one attached hydrogen (secondary N) is 1. The van der Waals surface area contributed by atoms with Gasteiger partial charge in [0.05, 0.1) is 18.7 Å². The Balaban J connectivity index is 1.30. The van der Waals surface area contributed by atoms with Crippen molar-refractivity contribution in [3.8, 4) is 0 Å². The van der Waals surface area contributed by atoms with Crippen LogP contribution in [-0.4, -0.2) is 57.8 Å². The number of anilines is 1. The largest absolute Gasteiger partial charge is 0.459 e. The van der Waals surface area contributed by atoms with Gasteiger partial charge in [-0.1, -0.05) is 6.07 Å². The van der Waals surface area contributed by atoms with Gasteiger partial charge in [0.2, 0.25) is 0 Å². The number of nitrogens with zero attached hydrogens (tertiary/aromatic N) is 5. The highest BCUT2D eigenvalue weighted by Gasteiger charge is 2.24. The summed E-state index contributed by atoms with van der Waals surface area (Å²) < 4.78 is 5.18. The first-order valence-corrected chi connectivity index (χ1v) is 9.27. The van der Waals surface area contributed by atoms with Crippen LogP contribution in [0.1, 0.15) is 26.6 Å². The smallest absolute Gasteiger partial charge is 0.289 e. The SMILES string of the molecule is O=C(NCc1cccnc1)c1cnc(N2CCN(C(=O)c3ccco3)CC2)cn1. The summed E-state index contributed by atoms with van der Waals surface area (Å²) in [6.45, 7) is 2.77. The molecule has 2 amide bonds. The molecule has 1 aliphatic heterocycles. The fourth-order valence-electron chi connectivity index (χ4n) is 3.07. The molecule has 4 rings (SSSR count). The molecule has 0 aliphatic carbocycles. The molecule has 9 nitrogen and oxygen atoms in total. The number of amides is 2. The number of pyridine rings is 1. The molecule has 0 saturated carbocycles. The topological polar surface area (TPSA) is 104 Å². The van der Waals surface area contributed by atoms with Crippen LogP contribution in [0.2, 0.25) is 0 Å². The van der Waals surface area contributed by atoms with Crippen molar-refractivity contribution in [2.45, 2.75) is 6.54 Å². The maximum Gasteiger partial charge on any atom is 0.289 e. The average Bonchev–Trinajstić information content (AvgIpc) is 3.33. The van der Waals surface area contributed by atoms with E-state index in [0.717, 1.165) is 5.56 Å². The second kappa shape index (κ2) is 8.51. The van der Waals surface area contributed by atoms with Crippen molar-refractivity contribution in [2.75, 3.05) is 31.1 Å². The third kappa shape index (κ3) is 4.40. The molecule has 148 valence electrons. The van der Waals surface area contributed by atoms with Crippen LogP contribution >= 0.6 is 0 Å². The number of aromatic nitrogens is 3. The molecule has 0 atom stereocenters. The molecule has 0 aromatic carbocycles. The van der Waals surface area contributed by atoms with Crippen molar-refractivity contribution >= 4 is 17.6 Å². The van der Waals surface area contributed by atoms with Crippen LogP contribution in [0.3, 0.4) is 0 Å². The van der Waals surface area contributed by atoms with Gasteiger partial charge in [-0.15, -0.1) is 0 Å². The van der Waals surface area contributed by atoms with Crippen molar-refractivity contribution in [2.24, 2.45) is 0 Å². The first-order valence-electron chi connectivity index (χ1n) is 9.27. The van der Waals surface area contributed by atoms with Gasteiger partial charge in [-0.3, -0.25) is 14.6 Å². The number of rotatable bonds is 5. The standard InChI is InChI=1S/C20H20N6O3/c27-19(24-12-15-3-1-5-21-11-15)16-13-23-18(14-22-16)25-6-8-26(9-7-25)20(28)17-4-2-10-29-17/h1-5,10-11,13-14H,6-9,12H2,(H,24,27). The zero-order chi connectivity index (χ0) is 20.1. The lowest BCUT2D eigenvalue weighted by atomic mass is 10.2. The summed E-state index contributed by atoms with van der Waals surface area (Å²) in [7, 11) is 0. The van der Waals surface area contributed by atoms with E-state index >= 15 is 0 Å². The molecule has 0 unspecified atom stereocenters. The molecular formula is C20H20N6O3. The summed E-state index contributed by atoms with van der Waals surface area (Å²) in [6, 6.07) is 7.07. The lowest BCUT2D eigenvalue weighted by Crippen LogP contribution is -2.49. The third-order valence-corrected chi connectivity index (χ3v) is 4.67. The Hall–Kier alpha value is -3.75. The quantitative estimate of drug-likeness (QED) is 0.699. The minimum Gasteiger partial charge on any atom is -0.459 e. The van der Waals surface area contributed by atoms with Gasteiger partial charge in [0.15, 0.2) is 5.76 Å². The first kappa shape index (κ1) is 18.6. The number of hydrogen-bond acceptors (Lipinski definition) is 7. The van der Waals surface area contributed by atoms with Crippen LogP contribution in [0.15, 0.2) is 59.7 Å².